The number of anilines is 1. The fraction of sp³-hybridized carbons (Fsp3) is 0. The molecule has 0 aliphatic rings. The number of benzene rings is 4. The highest BCUT2D eigenvalue weighted by Crippen LogP contribution is 2.26. The van der Waals surface area contributed by atoms with Gasteiger partial charge in [0.1, 0.15) is 11.5 Å². The van der Waals surface area contributed by atoms with E-state index in [0.717, 1.165) is 0 Å². The molecule has 0 saturated heterocycles. The number of esters is 2. The molecule has 2 N–H and O–H groups in total. The Morgan fingerprint density at radius 2 is 1.43 bits per heavy atom. The number of rotatable bonds is 7. The molecule has 37 heavy (non-hydrogen) atoms. The third-order valence-electron chi connectivity index (χ3n) is 4.87. The third kappa shape index (κ3) is 7.47. The van der Waals surface area contributed by atoms with Crippen molar-refractivity contribution in [2.45, 2.75) is 0 Å². The van der Waals surface area contributed by atoms with Crippen molar-refractivity contribution in [3.05, 3.63) is 125 Å². The summed E-state index contributed by atoms with van der Waals surface area (Å²) in [4.78, 5) is 25.2. The minimum atomic E-state index is -0.576. The number of nitrogens with zero attached hydrogens (tertiary/aromatic N) is 1. The van der Waals surface area contributed by atoms with Gasteiger partial charge in [-0.3, -0.25) is 5.43 Å². The number of nitrogens with one attached hydrogen (secondary N) is 2. The van der Waals surface area contributed by atoms with Crippen molar-refractivity contribution >= 4 is 52.8 Å². The van der Waals surface area contributed by atoms with Crippen LogP contribution in [0.15, 0.2) is 108 Å². The zero-order valence-corrected chi connectivity index (χ0v) is 20.8. The Morgan fingerprint density at radius 1 is 0.784 bits per heavy atom. The Hall–Kier alpha value is -4.53. The molecule has 0 aliphatic carbocycles. The molecule has 0 aliphatic heterocycles. The lowest BCUT2D eigenvalue weighted by Crippen LogP contribution is -2.23. The van der Waals surface area contributed by atoms with Crippen LogP contribution in [0.1, 0.15) is 26.3 Å². The smallest absolute Gasteiger partial charge is 0.343 e. The lowest BCUT2D eigenvalue weighted by Gasteiger charge is -2.11. The molecule has 0 spiro atoms. The lowest BCUT2D eigenvalue weighted by molar-refractivity contribution is 0.0732. The molecule has 0 unspecified atom stereocenters. The summed E-state index contributed by atoms with van der Waals surface area (Å²) in [6.07, 6.45) is 1.43. The minimum absolute atomic E-state index is 0.145. The van der Waals surface area contributed by atoms with Crippen LogP contribution in [0.3, 0.4) is 0 Å². The minimum Gasteiger partial charge on any atom is -0.423 e. The molecule has 0 saturated carbocycles. The van der Waals surface area contributed by atoms with Gasteiger partial charge in [-0.05, 0) is 66.8 Å². The Balaban J connectivity index is 1.51. The van der Waals surface area contributed by atoms with Gasteiger partial charge in [-0.15, -0.1) is 0 Å². The maximum Gasteiger partial charge on any atom is 0.343 e. The topological polar surface area (TPSA) is 89.0 Å². The molecule has 0 heterocycles. The highest BCUT2D eigenvalue weighted by molar-refractivity contribution is 7.80. The van der Waals surface area contributed by atoms with E-state index in [0.29, 0.717) is 27.4 Å². The van der Waals surface area contributed by atoms with E-state index in [9.17, 15) is 9.59 Å². The molecule has 4 aromatic rings. The van der Waals surface area contributed by atoms with Gasteiger partial charge in [0.05, 0.1) is 17.3 Å². The first-order chi connectivity index (χ1) is 18.0. The Kier molecular flexibility index (Phi) is 8.59. The van der Waals surface area contributed by atoms with E-state index in [1.807, 2.05) is 0 Å². The molecule has 0 radical (unpaired) electrons. The number of hydrogen-bond acceptors (Lipinski definition) is 6. The van der Waals surface area contributed by atoms with Crippen LogP contribution in [0.2, 0.25) is 5.02 Å². The van der Waals surface area contributed by atoms with Crippen LogP contribution < -0.4 is 20.2 Å². The summed E-state index contributed by atoms with van der Waals surface area (Å²) in [5, 5.41) is 7.89. The molecule has 0 bridgehead atoms. The van der Waals surface area contributed by atoms with E-state index >= 15 is 0 Å². The van der Waals surface area contributed by atoms with E-state index < -0.39 is 11.9 Å². The summed E-state index contributed by atoms with van der Waals surface area (Å²) >= 11 is 11.2. The quantitative estimate of drug-likeness (QED) is 0.0983. The first-order valence-electron chi connectivity index (χ1n) is 11.0. The van der Waals surface area contributed by atoms with Crippen molar-refractivity contribution < 1.29 is 19.1 Å². The maximum atomic E-state index is 12.7. The maximum absolute atomic E-state index is 12.7. The van der Waals surface area contributed by atoms with E-state index in [4.69, 9.17) is 33.3 Å². The molecular weight excluding hydrogens is 510 g/mol. The van der Waals surface area contributed by atoms with E-state index in [-0.39, 0.29) is 16.6 Å². The molecule has 9 heteroatoms. The lowest BCUT2D eigenvalue weighted by atomic mass is 10.2. The second-order valence-corrected chi connectivity index (χ2v) is 8.39. The average molecular weight is 530 g/mol. The van der Waals surface area contributed by atoms with Gasteiger partial charge < -0.3 is 14.8 Å². The van der Waals surface area contributed by atoms with Crippen molar-refractivity contribution in [3.8, 4) is 11.5 Å². The van der Waals surface area contributed by atoms with Gasteiger partial charge in [0.25, 0.3) is 0 Å². The Bertz CT molecular complexity index is 1450. The monoisotopic (exact) mass is 529 g/mol. The summed E-state index contributed by atoms with van der Waals surface area (Å²) in [5.41, 5.74) is 4.60. The normalized spacial score (nSPS) is 10.5. The summed E-state index contributed by atoms with van der Waals surface area (Å²) in [6.45, 7) is 0. The van der Waals surface area contributed by atoms with Gasteiger partial charge in [0.2, 0.25) is 0 Å². The van der Waals surface area contributed by atoms with Crippen molar-refractivity contribution in [3.63, 3.8) is 0 Å². The van der Waals surface area contributed by atoms with Gasteiger partial charge >= 0.3 is 11.9 Å². The van der Waals surface area contributed by atoms with Gasteiger partial charge in [-0.2, -0.15) is 5.10 Å². The second-order valence-electron chi connectivity index (χ2n) is 7.55. The third-order valence-corrected chi connectivity index (χ3v) is 5.30. The van der Waals surface area contributed by atoms with Crippen LogP contribution in [0.4, 0.5) is 5.69 Å². The number of ether oxygens (including phenoxy) is 2. The predicted octanol–water partition coefficient (Wildman–Crippen LogP) is 6.10. The van der Waals surface area contributed by atoms with E-state index in [2.05, 4.69) is 15.8 Å². The number of halogens is 1. The number of hydrazone groups is 1. The molecular formula is C28H20ClN3O4S. The highest BCUT2D eigenvalue weighted by Gasteiger charge is 2.14. The van der Waals surface area contributed by atoms with Gasteiger partial charge in [0, 0.05) is 22.3 Å². The molecule has 7 nitrogen and oxygen atoms in total. The van der Waals surface area contributed by atoms with Crippen molar-refractivity contribution in [2.75, 3.05) is 5.32 Å². The van der Waals surface area contributed by atoms with Crippen LogP contribution in [0.25, 0.3) is 0 Å². The van der Waals surface area contributed by atoms with Crippen molar-refractivity contribution in [2.24, 2.45) is 5.10 Å². The number of thiocarbonyl (C=S) groups is 1. The van der Waals surface area contributed by atoms with Crippen LogP contribution in [-0.2, 0) is 0 Å². The standard InChI is InChI=1S/C28H20ClN3O4S/c29-22-12-7-13-23(16-22)31-28(37)32-30-18-21-14-15-24(35-26(33)19-8-3-1-4-9-19)17-25(21)36-27(34)20-10-5-2-6-11-20/h1-18H,(H2,31,32,37). The first-order valence-corrected chi connectivity index (χ1v) is 11.8. The van der Waals surface area contributed by atoms with Crippen LogP contribution in [0, 0.1) is 0 Å². The zero-order valence-electron chi connectivity index (χ0n) is 19.3. The molecule has 0 atom stereocenters. The van der Waals surface area contributed by atoms with Gasteiger partial charge in [-0.25, -0.2) is 9.59 Å². The van der Waals surface area contributed by atoms with Gasteiger partial charge in [-0.1, -0.05) is 54.1 Å². The first kappa shape index (κ1) is 25.6. The summed E-state index contributed by atoms with van der Waals surface area (Å²) < 4.78 is 11.1. The Morgan fingerprint density at radius 3 is 2.08 bits per heavy atom. The van der Waals surface area contributed by atoms with Gasteiger partial charge in [0.15, 0.2) is 5.11 Å². The number of carbonyl (C=O) groups is 2. The molecule has 0 aromatic heterocycles. The second kappa shape index (κ2) is 12.4. The SMILES string of the molecule is O=C(Oc1ccc(C=NNC(=S)Nc2cccc(Cl)c2)c(OC(=O)c2ccccc2)c1)c1ccccc1. The fourth-order valence-corrected chi connectivity index (χ4v) is 3.49. The number of carbonyl (C=O) groups excluding carboxylic acids is 2. The largest absolute Gasteiger partial charge is 0.423 e. The van der Waals surface area contributed by atoms with E-state index in [1.54, 1.807) is 97.1 Å². The molecule has 0 fully saturated rings. The number of hydrogen-bond donors (Lipinski definition) is 2. The average Bonchev–Trinajstić information content (AvgIpc) is 2.91. The van der Waals surface area contributed by atoms with Crippen LogP contribution >= 0.6 is 23.8 Å². The van der Waals surface area contributed by atoms with Crippen molar-refractivity contribution in [1.29, 1.82) is 0 Å². The van der Waals surface area contributed by atoms with Crippen LogP contribution in [0.5, 0.6) is 11.5 Å². The summed E-state index contributed by atoms with van der Waals surface area (Å²) in [7, 11) is 0. The molecule has 0 amide bonds. The predicted molar refractivity (Wildman–Crippen MR) is 148 cm³/mol. The van der Waals surface area contributed by atoms with Crippen LogP contribution in [-0.4, -0.2) is 23.3 Å². The molecule has 4 rings (SSSR count). The summed E-state index contributed by atoms with van der Waals surface area (Å²) in [5.74, 6) is -0.770. The zero-order chi connectivity index (χ0) is 26.0. The van der Waals surface area contributed by atoms with E-state index in [1.165, 1.54) is 12.3 Å². The highest BCUT2D eigenvalue weighted by atomic mass is 35.5. The van der Waals surface area contributed by atoms with Crippen molar-refractivity contribution in [1.82, 2.24) is 5.43 Å². The molecule has 184 valence electrons. The summed E-state index contributed by atoms with van der Waals surface area (Å²) in [6, 6.07) is 28.8. The molecule has 4 aromatic carbocycles. The Labute approximate surface area is 223 Å². The fourth-order valence-electron chi connectivity index (χ4n) is 3.13.